The van der Waals surface area contributed by atoms with Crippen molar-refractivity contribution in [3.63, 3.8) is 0 Å². The third-order valence-electron chi connectivity index (χ3n) is 4.03. The van der Waals surface area contributed by atoms with E-state index in [9.17, 15) is 0 Å². The van der Waals surface area contributed by atoms with Crippen LogP contribution in [0, 0.1) is 11.8 Å². The third-order valence-corrected chi connectivity index (χ3v) is 4.03. The van der Waals surface area contributed by atoms with Gasteiger partial charge >= 0.3 is 0 Å². The summed E-state index contributed by atoms with van der Waals surface area (Å²) < 4.78 is 0. The second kappa shape index (κ2) is 5.71. The molecule has 0 aromatic carbocycles. The first kappa shape index (κ1) is 12.7. The minimum absolute atomic E-state index is 0.650. The van der Waals surface area contributed by atoms with E-state index in [1.54, 1.807) is 0 Å². The molecule has 0 amide bonds. The van der Waals surface area contributed by atoms with Crippen LogP contribution in [-0.4, -0.2) is 50.1 Å². The van der Waals surface area contributed by atoms with Gasteiger partial charge in [0.25, 0.3) is 0 Å². The Bertz CT molecular complexity index is 277. The summed E-state index contributed by atoms with van der Waals surface area (Å²) in [5, 5.41) is 6.92. The first-order valence-electron chi connectivity index (χ1n) is 6.92. The van der Waals surface area contributed by atoms with Crippen molar-refractivity contribution >= 4 is 5.96 Å². The lowest BCUT2D eigenvalue weighted by molar-refractivity contribution is 0.342. The van der Waals surface area contributed by atoms with Crippen LogP contribution in [0.4, 0.5) is 0 Å². The molecule has 2 fully saturated rings. The number of nitrogens with one attached hydrogen (secondary N) is 2. The van der Waals surface area contributed by atoms with Gasteiger partial charge in [-0.05, 0) is 37.8 Å². The molecule has 0 bridgehead atoms. The fourth-order valence-corrected chi connectivity index (χ4v) is 2.50. The van der Waals surface area contributed by atoms with E-state index in [1.165, 1.54) is 32.5 Å². The van der Waals surface area contributed by atoms with Crippen molar-refractivity contribution in [2.45, 2.75) is 32.7 Å². The average molecular weight is 238 g/mol. The average Bonchev–Trinajstić information content (AvgIpc) is 2.85. The van der Waals surface area contributed by atoms with E-state index < -0.39 is 0 Å². The maximum atomic E-state index is 4.28. The number of aliphatic imine (C=N–C) groups is 1. The van der Waals surface area contributed by atoms with Crippen LogP contribution < -0.4 is 10.6 Å². The molecule has 0 radical (unpaired) electrons. The normalized spacial score (nSPS) is 33.8. The van der Waals surface area contributed by atoms with Gasteiger partial charge in [0.2, 0.25) is 0 Å². The molecule has 1 saturated heterocycles. The quantitative estimate of drug-likeness (QED) is 0.565. The molecule has 0 aromatic heterocycles. The predicted octanol–water partition coefficient (Wildman–Crippen LogP) is 0.902. The van der Waals surface area contributed by atoms with Gasteiger partial charge < -0.3 is 15.5 Å². The summed E-state index contributed by atoms with van der Waals surface area (Å²) in [4.78, 5) is 6.80. The van der Waals surface area contributed by atoms with Gasteiger partial charge in [0.05, 0.1) is 0 Å². The SMILES string of the molecule is CCN1CCC(CNC(=NC)NC2CC2C)C1. The molecule has 1 aliphatic carbocycles. The number of hydrogen-bond acceptors (Lipinski definition) is 2. The van der Waals surface area contributed by atoms with E-state index >= 15 is 0 Å². The summed E-state index contributed by atoms with van der Waals surface area (Å²) in [5.41, 5.74) is 0. The molecule has 0 spiro atoms. The Balaban J connectivity index is 1.66. The zero-order valence-corrected chi connectivity index (χ0v) is 11.4. The Labute approximate surface area is 105 Å². The molecule has 98 valence electrons. The maximum Gasteiger partial charge on any atom is 0.191 e. The van der Waals surface area contributed by atoms with Gasteiger partial charge in [0.15, 0.2) is 5.96 Å². The summed E-state index contributed by atoms with van der Waals surface area (Å²) >= 11 is 0. The highest BCUT2D eigenvalue weighted by Gasteiger charge is 2.33. The number of guanidine groups is 1. The van der Waals surface area contributed by atoms with Crippen LogP contribution >= 0.6 is 0 Å². The number of nitrogens with zero attached hydrogens (tertiary/aromatic N) is 2. The van der Waals surface area contributed by atoms with Gasteiger partial charge in [-0.2, -0.15) is 0 Å². The molecule has 0 aromatic rings. The van der Waals surface area contributed by atoms with Gasteiger partial charge in [0.1, 0.15) is 0 Å². The molecule has 4 heteroatoms. The lowest BCUT2D eigenvalue weighted by atomic mass is 10.1. The molecule has 1 aliphatic heterocycles. The number of rotatable bonds is 4. The summed E-state index contributed by atoms with van der Waals surface area (Å²) in [6.07, 6.45) is 2.60. The van der Waals surface area contributed by atoms with E-state index in [-0.39, 0.29) is 0 Å². The Morgan fingerprint density at radius 3 is 2.76 bits per heavy atom. The second-order valence-electron chi connectivity index (χ2n) is 5.46. The zero-order valence-electron chi connectivity index (χ0n) is 11.4. The Morgan fingerprint density at radius 2 is 2.24 bits per heavy atom. The van der Waals surface area contributed by atoms with Crippen LogP contribution in [-0.2, 0) is 0 Å². The topological polar surface area (TPSA) is 39.7 Å². The zero-order chi connectivity index (χ0) is 12.3. The van der Waals surface area contributed by atoms with Crippen LogP contribution in [0.2, 0.25) is 0 Å². The van der Waals surface area contributed by atoms with Crippen LogP contribution in [0.3, 0.4) is 0 Å². The molecule has 3 atom stereocenters. The third kappa shape index (κ3) is 3.60. The Morgan fingerprint density at radius 1 is 1.47 bits per heavy atom. The molecular formula is C13H26N4. The van der Waals surface area contributed by atoms with Crippen molar-refractivity contribution in [3.05, 3.63) is 0 Å². The van der Waals surface area contributed by atoms with Gasteiger partial charge in [-0.15, -0.1) is 0 Å². The van der Waals surface area contributed by atoms with Crippen LogP contribution in [0.1, 0.15) is 26.7 Å². The minimum Gasteiger partial charge on any atom is -0.356 e. The summed E-state index contributed by atoms with van der Waals surface area (Å²) in [6, 6.07) is 0.650. The molecule has 1 saturated carbocycles. The summed E-state index contributed by atoms with van der Waals surface area (Å²) in [6.45, 7) is 9.25. The fourth-order valence-electron chi connectivity index (χ4n) is 2.50. The van der Waals surface area contributed by atoms with Crippen LogP contribution in [0.5, 0.6) is 0 Å². The fraction of sp³-hybridized carbons (Fsp3) is 0.923. The highest BCUT2D eigenvalue weighted by molar-refractivity contribution is 5.80. The molecule has 17 heavy (non-hydrogen) atoms. The Kier molecular flexibility index (Phi) is 4.26. The van der Waals surface area contributed by atoms with E-state index in [0.717, 1.165) is 24.3 Å². The first-order valence-corrected chi connectivity index (χ1v) is 6.92. The molecule has 3 unspecified atom stereocenters. The Hall–Kier alpha value is -0.770. The highest BCUT2D eigenvalue weighted by Crippen LogP contribution is 2.28. The summed E-state index contributed by atoms with van der Waals surface area (Å²) in [5.74, 6) is 2.58. The van der Waals surface area contributed by atoms with Crippen LogP contribution in [0.15, 0.2) is 4.99 Å². The lowest BCUT2D eigenvalue weighted by Crippen LogP contribution is -2.41. The second-order valence-corrected chi connectivity index (χ2v) is 5.46. The van der Waals surface area contributed by atoms with Crippen molar-refractivity contribution in [1.82, 2.24) is 15.5 Å². The monoisotopic (exact) mass is 238 g/mol. The minimum atomic E-state index is 0.650. The molecule has 1 heterocycles. The molecule has 2 N–H and O–H groups in total. The molecular weight excluding hydrogens is 212 g/mol. The first-order chi connectivity index (χ1) is 8.22. The highest BCUT2D eigenvalue weighted by atomic mass is 15.2. The van der Waals surface area contributed by atoms with Crippen molar-refractivity contribution < 1.29 is 0 Å². The van der Waals surface area contributed by atoms with Crippen molar-refractivity contribution in [1.29, 1.82) is 0 Å². The van der Waals surface area contributed by atoms with E-state index in [0.29, 0.717) is 6.04 Å². The van der Waals surface area contributed by atoms with E-state index in [4.69, 9.17) is 0 Å². The van der Waals surface area contributed by atoms with E-state index in [2.05, 4.69) is 34.4 Å². The van der Waals surface area contributed by atoms with Gasteiger partial charge in [-0.1, -0.05) is 13.8 Å². The van der Waals surface area contributed by atoms with Crippen molar-refractivity contribution in [2.75, 3.05) is 33.2 Å². The number of likely N-dealkylation sites (tertiary alicyclic amines) is 1. The van der Waals surface area contributed by atoms with Gasteiger partial charge in [0, 0.05) is 26.2 Å². The van der Waals surface area contributed by atoms with Gasteiger partial charge in [-0.3, -0.25) is 4.99 Å². The van der Waals surface area contributed by atoms with E-state index in [1.807, 2.05) is 7.05 Å². The molecule has 2 rings (SSSR count). The lowest BCUT2D eigenvalue weighted by Gasteiger charge is -2.16. The predicted molar refractivity (Wildman–Crippen MR) is 72.3 cm³/mol. The maximum absolute atomic E-state index is 4.28. The summed E-state index contributed by atoms with van der Waals surface area (Å²) in [7, 11) is 1.86. The molecule has 4 nitrogen and oxygen atoms in total. The molecule has 2 aliphatic rings. The number of hydrogen-bond donors (Lipinski definition) is 2. The van der Waals surface area contributed by atoms with Crippen molar-refractivity contribution in [2.24, 2.45) is 16.8 Å². The van der Waals surface area contributed by atoms with Gasteiger partial charge in [-0.25, -0.2) is 0 Å². The van der Waals surface area contributed by atoms with Crippen LogP contribution in [0.25, 0.3) is 0 Å². The smallest absolute Gasteiger partial charge is 0.191 e. The van der Waals surface area contributed by atoms with Crippen molar-refractivity contribution in [3.8, 4) is 0 Å². The standard InChI is InChI=1S/C13H26N4/c1-4-17-6-5-11(9-17)8-15-13(14-3)16-12-7-10(12)2/h10-12H,4-9H2,1-3H3,(H2,14,15,16). The largest absolute Gasteiger partial charge is 0.356 e.